The van der Waals surface area contributed by atoms with Gasteiger partial charge in [-0.05, 0) is 51.1 Å². The molecule has 0 aromatic carbocycles. The van der Waals surface area contributed by atoms with Gasteiger partial charge in [0.05, 0.1) is 5.54 Å². The summed E-state index contributed by atoms with van der Waals surface area (Å²) in [6.07, 6.45) is 7.16. The summed E-state index contributed by atoms with van der Waals surface area (Å²) in [4.78, 5) is 34.0. The SMILES string of the molecule is CCN(CC)CC1(NC(=O)CCN2C[C@@H]3CC[C@H]2C3)CC1.O=CO.O=CO. The molecular weight excluding hydrogens is 350 g/mol. The second-order valence-electron chi connectivity index (χ2n) is 7.58. The minimum absolute atomic E-state index is 0.104. The number of hydrogen-bond donors (Lipinski definition) is 3. The standard InChI is InChI=1S/C17H31N3O.2CH2O2/c1-3-19(4-2)13-17(8-9-17)18-16(21)7-10-20-12-14-5-6-15(20)11-14;2*2-1-3/h14-15H,3-13H2,1-2H3,(H,18,21);2*1H,(H,2,3)/t14-,15+;;/m1../s1. The lowest BCUT2D eigenvalue weighted by molar-refractivity contribution is -0.123. The molecule has 2 bridgehead atoms. The highest BCUT2D eigenvalue weighted by molar-refractivity contribution is 5.77. The lowest BCUT2D eigenvalue weighted by Crippen LogP contribution is -2.46. The van der Waals surface area contributed by atoms with Gasteiger partial charge in [-0.1, -0.05) is 13.8 Å². The maximum atomic E-state index is 12.3. The molecule has 2 saturated carbocycles. The van der Waals surface area contributed by atoms with Crippen molar-refractivity contribution in [2.24, 2.45) is 5.92 Å². The molecule has 1 aliphatic heterocycles. The molecule has 3 N–H and O–H groups in total. The average molecular weight is 386 g/mol. The lowest BCUT2D eigenvalue weighted by atomic mass is 10.1. The quantitative estimate of drug-likeness (QED) is 0.539. The van der Waals surface area contributed by atoms with Crippen molar-refractivity contribution in [3.63, 3.8) is 0 Å². The zero-order chi connectivity index (χ0) is 20.3. The fourth-order valence-electron chi connectivity index (χ4n) is 4.25. The van der Waals surface area contributed by atoms with Crippen molar-refractivity contribution in [3.05, 3.63) is 0 Å². The van der Waals surface area contributed by atoms with Crippen LogP contribution in [0.15, 0.2) is 0 Å². The summed E-state index contributed by atoms with van der Waals surface area (Å²) in [7, 11) is 0. The van der Waals surface area contributed by atoms with E-state index in [-0.39, 0.29) is 24.4 Å². The van der Waals surface area contributed by atoms with E-state index in [1.165, 1.54) is 25.8 Å². The van der Waals surface area contributed by atoms with Gasteiger partial charge in [-0.3, -0.25) is 19.3 Å². The van der Waals surface area contributed by atoms with Gasteiger partial charge in [-0.2, -0.15) is 0 Å². The molecule has 3 rings (SSSR count). The molecule has 156 valence electrons. The second-order valence-corrected chi connectivity index (χ2v) is 7.58. The number of likely N-dealkylation sites (N-methyl/N-ethyl adjacent to an activating group) is 1. The van der Waals surface area contributed by atoms with Gasteiger partial charge in [0.1, 0.15) is 0 Å². The van der Waals surface area contributed by atoms with Crippen molar-refractivity contribution in [2.45, 2.75) is 64.0 Å². The number of hydrogen-bond acceptors (Lipinski definition) is 5. The summed E-state index contributed by atoms with van der Waals surface area (Å²) in [5.74, 6) is 1.19. The minimum Gasteiger partial charge on any atom is -0.483 e. The molecule has 2 atom stereocenters. The van der Waals surface area contributed by atoms with Gasteiger partial charge in [0, 0.05) is 32.1 Å². The Bertz CT molecular complexity index is 460. The van der Waals surface area contributed by atoms with Crippen LogP contribution in [0.1, 0.15) is 52.4 Å². The molecule has 0 spiro atoms. The number of piperidine rings is 1. The van der Waals surface area contributed by atoms with Crippen LogP contribution in [-0.4, -0.2) is 83.2 Å². The van der Waals surface area contributed by atoms with E-state index < -0.39 is 0 Å². The summed E-state index contributed by atoms with van der Waals surface area (Å²) >= 11 is 0. The topological polar surface area (TPSA) is 110 Å². The Morgan fingerprint density at radius 2 is 1.78 bits per heavy atom. The van der Waals surface area contributed by atoms with Crippen LogP contribution in [0, 0.1) is 5.92 Å². The van der Waals surface area contributed by atoms with Gasteiger partial charge in [-0.25, -0.2) is 0 Å². The van der Waals surface area contributed by atoms with E-state index in [0.717, 1.165) is 51.0 Å². The first kappa shape index (κ1) is 23.4. The third kappa shape index (κ3) is 7.84. The van der Waals surface area contributed by atoms with Gasteiger partial charge in [0.2, 0.25) is 5.91 Å². The van der Waals surface area contributed by atoms with Crippen molar-refractivity contribution < 1.29 is 24.6 Å². The highest BCUT2D eigenvalue weighted by Crippen LogP contribution is 2.38. The Kier molecular flexibility index (Phi) is 10.3. The lowest BCUT2D eigenvalue weighted by Gasteiger charge is -2.28. The number of nitrogens with one attached hydrogen (secondary N) is 1. The van der Waals surface area contributed by atoms with Crippen molar-refractivity contribution >= 4 is 18.9 Å². The number of carboxylic acid groups (broad SMARTS) is 2. The summed E-state index contributed by atoms with van der Waals surface area (Å²) in [6, 6.07) is 0.786. The molecule has 8 nitrogen and oxygen atoms in total. The number of fused-ring (bicyclic) bond motifs is 2. The summed E-state index contributed by atoms with van der Waals surface area (Å²) in [5.41, 5.74) is 0.104. The monoisotopic (exact) mass is 385 g/mol. The zero-order valence-electron chi connectivity index (χ0n) is 16.6. The highest BCUT2D eigenvalue weighted by Gasteiger charge is 2.45. The van der Waals surface area contributed by atoms with Gasteiger partial charge < -0.3 is 20.4 Å². The number of amides is 1. The highest BCUT2D eigenvalue weighted by atomic mass is 16.3. The van der Waals surface area contributed by atoms with E-state index >= 15 is 0 Å². The number of likely N-dealkylation sites (tertiary alicyclic amines) is 1. The fourth-order valence-corrected chi connectivity index (χ4v) is 4.25. The van der Waals surface area contributed by atoms with E-state index in [2.05, 4.69) is 29.0 Å². The van der Waals surface area contributed by atoms with Crippen LogP contribution in [0.25, 0.3) is 0 Å². The molecule has 1 heterocycles. The first-order chi connectivity index (χ1) is 13.0. The molecule has 0 unspecified atom stereocenters. The molecular formula is C19H35N3O5. The third-order valence-electron chi connectivity index (χ3n) is 5.83. The molecule has 2 aliphatic carbocycles. The van der Waals surface area contributed by atoms with Crippen LogP contribution in [-0.2, 0) is 14.4 Å². The number of nitrogens with zero attached hydrogens (tertiary/aromatic N) is 2. The smallest absolute Gasteiger partial charge is 0.290 e. The van der Waals surface area contributed by atoms with Crippen molar-refractivity contribution in [1.29, 1.82) is 0 Å². The number of carbonyl (C=O) groups excluding carboxylic acids is 1. The predicted octanol–water partition coefficient (Wildman–Crippen LogP) is 1.25. The zero-order valence-corrected chi connectivity index (χ0v) is 16.6. The molecule has 1 amide bonds. The molecule has 0 aromatic rings. The first-order valence-corrected chi connectivity index (χ1v) is 9.90. The maximum Gasteiger partial charge on any atom is 0.290 e. The van der Waals surface area contributed by atoms with Crippen LogP contribution in [0.3, 0.4) is 0 Å². The van der Waals surface area contributed by atoms with Gasteiger partial charge in [-0.15, -0.1) is 0 Å². The Balaban J connectivity index is 0.000000540. The summed E-state index contributed by atoms with van der Waals surface area (Å²) in [5, 5.41) is 17.1. The maximum absolute atomic E-state index is 12.3. The van der Waals surface area contributed by atoms with Crippen molar-refractivity contribution in [2.75, 3.05) is 32.7 Å². The molecule has 0 radical (unpaired) electrons. The third-order valence-corrected chi connectivity index (χ3v) is 5.83. The van der Waals surface area contributed by atoms with Crippen LogP contribution < -0.4 is 5.32 Å². The second kappa shape index (κ2) is 11.9. The number of rotatable bonds is 8. The van der Waals surface area contributed by atoms with Crippen molar-refractivity contribution in [3.8, 4) is 0 Å². The predicted molar refractivity (Wildman–Crippen MR) is 103 cm³/mol. The van der Waals surface area contributed by atoms with E-state index in [4.69, 9.17) is 19.8 Å². The van der Waals surface area contributed by atoms with Crippen LogP contribution in [0.2, 0.25) is 0 Å². The summed E-state index contributed by atoms with van der Waals surface area (Å²) in [6.45, 7) is 9.28. The Labute approximate surface area is 161 Å². The fraction of sp³-hybridized carbons (Fsp3) is 0.842. The van der Waals surface area contributed by atoms with E-state index in [0.29, 0.717) is 6.42 Å². The Hall–Kier alpha value is -1.67. The normalized spacial score (nSPS) is 24.3. The van der Waals surface area contributed by atoms with E-state index in [9.17, 15) is 4.79 Å². The molecule has 1 saturated heterocycles. The van der Waals surface area contributed by atoms with Crippen molar-refractivity contribution in [1.82, 2.24) is 15.1 Å². The van der Waals surface area contributed by atoms with Crippen LogP contribution in [0.4, 0.5) is 0 Å². The van der Waals surface area contributed by atoms with Crippen LogP contribution in [0.5, 0.6) is 0 Å². The first-order valence-electron chi connectivity index (χ1n) is 9.90. The molecule has 3 aliphatic rings. The molecule has 0 aromatic heterocycles. The molecule has 27 heavy (non-hydrogen) atoms. The molecule has 3 fully saturated rings. The Morgan fingerprint density at radius 3 is 2.19 bits per heavy atom. The number of carbonyl (C=O) groups is 3. The Morgan fingerprint density at radius 1 is 1.19 bits per heavy atom. The summed E-state index contributed by atoms with van der Waals surface area (Å²) < 4.78 is 0. The largest absolute Gasteiger partial charge is 0.483 e. The van der Waals surface area contributed by atoms with E-state index in [1.807, 2.05) is 0 Å². The minimum atomic E-state index is -0.250. The van der Waals surface area contributed by atoms with Gasteiger partial charge in [0.15, 0.2) is 0 Å². The molecule has 8 heteroatoms. The average Bonchev–Trinajstić information content (AvgIpc) is 3.06. The van der Waals surface area contributed by atoms with Crippen LogP contribution >= 0.6 is 0 Å². The van der Waals surface area contributed by atoms with Gasteiger partial charge >= 0.3 is 0 Å². The van der Waals surface area contributed by atoms with E-state index in [1.54, 1.807) is 0 Å². The van der Waals surface area contributed by atoms with Gasteiger partial charge in [0.25, 0.3) is 12.9 Å².